The Bertz CT molecular complexity index is 846. The van der Waals surface area contributed by atoms with Gasteiger partial charge in [0.05, 0.1) is 4.90 Å². The average Bonchev–Trinajstić information content (AvgIpc) is 2.60. The van der Waals surface area contributed by atoms with Crippen LogP contribution in [0.1, 0.15) is 22.3 Å². The minimum absolute atomic E-state index is 0.0937. The number of amides is 1. The lowest BCUT2D eigenvalue weighted by Crippen LogP contribution is -2.35. The zero-order valence-corrected chi connectivity index (χ0v) is 13.6. The molecule has 1 aliphatic heterocycles. The van der Waals surface area contributed by atoms with Crippen molar-refractivity contribution in [3.8, 4) is 0 Å². The highest BCUT2D eigenvalue weighted by atomic mass is 32.2. The maximum Gasteiger partial charge on any atom is 0.258 e. The molecule has 6 heteroatoms. The highest BCUT2D eigenvalue weighted by Gasteiger charge is 2.24. The van der Waals surface area contributed by atoms with Crippen LogP contribution < -0.4 is 9.62 Å². The summed E-state index contributed by atoms with van der Waals surface area (Å²) in [5.74, 6) is -0.176. The van der Waals surface area contributed by atoms with E-state index in [2.05, 4.69) is 4.72 Å². The molecular weight excluding hydrogens is 312 g/mol. The van der Waals surface area contributed by atoms with Gasteiger partial charge in [0.2, 0.25) is 10.0 Å². The number of hydrogen-bond acceptors (Lipinski definition) is 3. The predicted molar refractivity (Wildman–Crippen MR) is 89.1 cm³/mol. The number of rotatable bonds is 3. The van der Waals surface area contributed by atoms with Crippen LogP contribution in [0.4, 0.5) is 5.69 Å². The van der Waals surface area contributed by atoms with E-state index in [1.54, 1.807) is 17.0 Å². The van der Waals surface area contributed by atoms with Gasteiger partial charge >= 0.3 is 0 Å². The van der Waals surface area contributed by atoms with Crippen LogP contribution in [0.25, 0.3) is 0 Å². The number of carbonyl (C=O) groups excluding carboxylic acids is 1. The summed E-state index contributed by atoms with van der Waals surface area (Å²) < 4.78 is 26.1. The summed E-state index contributed by atoms with van der Waals surface area (Å²) in [6.07, 6.45) is 1.85. The molecule has 3 rings (SSSR count). The smallest absolute Gasteiger partial charge is 0.258 e. The van der Waals surface area contributed by atoms with Gasteiger partial charge in [-0.15, -0.1) is 0 Å². The minimum atomic E-state index is -3.57. The number of fused-ring (bicyclic) bond motifs is 1. The monoisotopic (exact) mass is 330 g/mol. The number of nitrogens with one attached hydrogen (secondary N) is 1. The van der Waals surface area contributed by atoms with E-state index in [0.29, 0.717) is 12.1 Å². The molecule has 0 fully saturated rings. The van der Waals surface area contributed by atoms with Crippen LogP contribution in [0.3, 0.4) is 0 Å². The van der Waals surface area contributed by atoms with Crippen LogP contribution in [-0.2, 0) is 16.4 Å². The molecule has 0 aromatic heterocycles. The second kappa shape index (κ2) is 6.14. The summed E-state index contributed by atoms with van der Waals surface area (Å²) in [6, 6.07) is 14.0. The second-order valence-corrected chi connectivity index (χ2v) is 7.31. The molecule has 1 aliphatic rings. The molecule has 5 nitrogen and oxygen atoms in total. The number of carbonyl (C=O) groups is 1. The topological polar surface area (TPSA) is 66.5 Å². The average molecular weight is 330 g/mol. The molecule has 2 aromatic carbocycles. The maximum absolute atomic E-state index is 12.8. The molecule has 23 heavy (non-hydrogen) atoms. The van der Waals surface area contributed by atoms with Crippen LogP contribution in [0.5, 0.6) is 0 Å². The normalized spacial score (nSPS) is 14.4. The van der Waals surface area contributed by atoms with Crippen molar-refractivity contribution in [3.63, 3.8) is 0 Å². The first kappa shape index (κ1) is 15.7. The van der Waals surface area contributed by atoms with Gasteiger partial charge in [0.25, 0.3) is 5.91 Å². The van der Waals surface area contributed by atoms with Crippen LogP contribution in [0.2, 0.25) is 0 Å². The van der Waals surface area contributed by atoms with Crippen molar-refractivity contribution >= 4 is 21.6 Å². The Balaban J connectivity index is 1.98. The third kappa shape index (κ3) is 3.00. The summed E-state index contributed by atoms with van der Waals surface area (Å²) in [4.78, 5) is 14.7. The first-order valence-corrected chi connectivity index (χ1v) is 8.94. The van der Waals surface area contributed by atoms with Crippen molar-refractivity contribution in [1.29, 1.82) is 0 Å². The Morgan fingerprint density at radius 2 is 1.91 bits per heavy atom. The standard InChI is InChI=1S/C17H18N2O3S/c1-18-23(21,22)15-9-4-7-14(12-15)17(20)19-11-5-8-13-6-2-3-10-16(13)19/h2-4,6-7,9-10,12,18H,5,8,11H2,1H3. The van der Waals surface area contributed by atoms with E-state index in [9.17, 15) is 13.2 Å². The number of aryl methyl sites for hydroxylation is 1. The molecule has 0 radical (unpaired) electrons. The molecule has 1 amide bonds. The summed E-state index contributed by atoms with van der Waals surface area (Å²) in [6.45, 7) is 0.638. The molecule has 0 atom stereocenters. The third-order valence-corrected chi connectivity index (χ3v) is 5.43. The van der Waals surface area contributed by atoms with Gasteiger partial charge < -0.3 is 4.90 Å². The molecule has 1 heterocycles. The lowest BCUT2D eigenvalue weighted by molar-refractivity contribution is 0.0985. The summed E-state index contributed by atoms with van der Waals surface area (Å²) in [7, 11) is -2.21. The van der Waals surface area contributed by atoms with Crippen LogP contribution in [0.15, 0.2) is 53.4 Å². The number of anilines is 1. The van der Waals surface area contributed by atoms with Gasteiger partial charge in [-0.3, -0.25) is 4.79 Å². The zero-order chi connectivity index (χ0) is 16.4. The third-order valence-electron chi connectivity index (χ3n) is 4.02. The zero-order valence-electron chi connectivity index (χ0n) is 12.8. The maximum atomic E-state index is 12.8. The molecule has 0 aliphatic carbocycles. The van der Waals surface area contributed by atoms with Gasteiger partial charge in [0, 0.05) is 17.8 Å². The number of benzene rings is 2. The molecule has 0 saturated carbocycles. The highest BCUT2D eigenvalue weighted by Crippen LogP contribution is 2.28. The first-order chi connectivity index (χ1) is 11.0. The first-order valence-electron chi connectivity index (χ1n) is 7.46. The molecule has 2 aromatic rings. The van der Waals surface area contributed by atoms with E-state index >= 15 is 0 Å². The SMILES string of the molecule is CNS(=O)(=O)c1cccc(C(=O)N2CCCc3ccccc32)c1. The van der Waals surface area contributed by atoms with Crippen molar-refractivity contribution in [2.45, 2.75) is 17.7 Å². The summed E-state index contributed by atoms with van der Waals surface area (Å²) in [5, 5.41) is 0. The second-order valence-electron chi connectivity index (χ2n) is 5.42. The van der Waals surface area contributed by atoms with Crippen molar-refractivity contribution in [1.82, 2.24) is 4.72 Å². The Morgan fingerprint density at radius 3 is 2.70 bits per heavy atom. The molecular formula is C17H18N2O3S. The quantitative estimate of drug-likeness (QED) is 0.938. The van der Waals surface area contributed by atoms with Crippen molar-refractivity contribution in [2.24, 2.45) is 0 Å². The van der Waals surface area contributed by atoms with Crippen molar-refractivity contribution < 1.29 is 13.2 Å². The Hall–Kier alpha value is -2.18. The van der Waals surface area contributed by atoms with E-state index in [4.69, 9.17) is 0 Å². The van der Waals surface area contributed by atoms with Crippen LogP contribution >= 0.6 is 0 Å². The van der Waals surface area contributed by atoms with Gasteiger partial charge in [-0.25, -0.2) is 13.1 Å². The van der Waals surface area contributed by atoms with Gasteiger partial charge in [0.15, 0.2) is 0 Å². The fourth-order valence-corrected chi connectivity index (χ4v) is 3.59. The van der Waals surface area contributed by atoms with E-state index in [0.717, 1.165) is 24.1 Å². The Labute approximate surface area is 136 Å². The largest absolute Gasteiger partial charge is 0.308 e. The number of hydrogen-bond donors (Lipinski definition) is 1. The summed E-state index contributed by atoms with van der Waals surface area (Å²) >= 11 is 0. The predicted octanol–water partition coefficient (Wildman–Crippen LogP) is 2.19. The number of nitrogens with zero attached hydrogens (tertiary/aromatic N) is 1. The molecule has 0 spiro atoms. The van der Waals surface area contributed by atoms with Crippen LogP contribution in [0, 0.1) is 0 Å². The van der Waals surface area contributed by atoms with Gasteiger partial charge in [-0.05, 0) is 49.7 Å². The van der Waals surface area contributed by atoms with E-state index in [1.165, 1.54) is 19.2 Å². The van der Waals surface area contributed by atoms with Crippen LogP contribution in [-0.4, -0.2) is 27.9 Å². The van der Waals surface area contributed by atoms with Crippen molar-refractivity contribution in [3.05, 3.63) is 59.7 Å². The van der Waals surface area contributed by atoms with Gasteiger partial charge in [-0.2, -0.15) is 0 Å². The minimum Gasteiger partial charge on any atom is -0.308 e. The lowest BCUT2D eigenvalue weighted by Gasteiger charge is -2.29. The van der Waals surface area contributed by atoms with E-state index in [1.807, 2.05) is 24.3 Å². The number of sulfonamides is 1. The molecule has 1 N–H and O–H groups in total. The van der Waals surface area contributed by atoms with E-state index in [-0.39, 0.29) is 10.8 Å². The molecule has 120 valence electrons. The van der Waals surface area contributed by atoms with Gasteiger partial charge in [0.1, 0.15) is 0 Å². The lowest BCUT2D eigenvalue weighted by atomic mass is 10.0. The fraction of sp³-hybridized carbons (Fsp3) is 0.235. The highest BCUT2D eigenvalue weighted by molar-refractivity contribution is 7.89. The molecule has 0 unspecified atom stereocenters. The van der Waals surface area contributed by atoms with E-state index < -0.39 is 10.0 Å². The van der Waals surface area contributed by atoms with Crippen molar-refractivity contribution in [2.75, 3.05) is 18.5 Å². The van der Waals surface area contributed by atoms with Gasteiger partial charge in [-0.1, -0.05) is 24.3 Å². The number of para-hydroxylation sites is 1. The Morgan fingerprint density at radius 1 is 1.13 bits per heavy atom. The molecule has 0 saturated heterocycles. The fourth-order valence-electron chi connectivity index (χ4n) is 2.81. The summed E-state index contributed by atoms with van der Waals surface area (Å²) in [5.41, 5.74) is 2.43. The Kier molecular flexibility index (Phi) is 4.19. The molecule has 0 bridgehead atoms.